The summed E-state index contributed by atoms with van der Waals surface area (Å²) in [6, 6.07) is 6.12. The van der Waals surface area contributed by atoms with Gasteiger partial charge in [-0.25, -0.2) is 13.5 Å². The lowest BCUT2D eigenvalue weighted by Crippen LogP contribution is -2.31. The predicted molar refractivity (Wildman–Crippen MR) is 65.4 cm³/mol. The zero-order valence-corrected chi connectivity index (χ0v) is 10.4. The second-order valence-corrected chi connectivity index (χ2v) is 4.11. The van der Waals surface area contributed by atoms with Crippen LogP contribution in [0.4, 0.5) is 10.1 Å². The van der Waals surface area contributed by atoms with E-state index in [4.69, 9.17) is 0 Å². The van der Waals surface area contributed by atoms with Crippen molar-refractivity contribution in [1.82, 2.24) is 4.57 Å². The number of carbonyl (C=O) groups excluding carboxylic acids is 1. The predicted octanol–water partition coefficient (Wildman–Crippen LogP) is 1.40. The van der Waals surface area contributed by atoms with Gasteiger partial charge in [-0.1, -0.05) is 12.1 Å². The van der Waals surface area contributed by atoms with E-state index in [1.165, 1.54) is 12.1 Å². The molecule has 0 bridgehead atoms. The molecule has 2 aromatic rings. The van der Waals surface area contributed by atoms with Gasteiger partial charge in [-0.2, -0.15) is 0 Å². The molecule has 18 heavy (non-hydrogen) atoms. The summed E-state index contributed by atoms with van der Waals surface area (Å²) in [6.07, 6.45) is 3.68. The van der Waals surface area contributed by atoms with Crippen LogP contribution in [0.5, 0.6) is 0 Å². The maximum Gasteiger partial charge on any atom is 0.266 e. The minimum atomic E-state index is -0.430. The number of para-hydroxylation sites is 1. The largest absolute Gasteiger partial charge is 0.320 e. The fourth-order valence-corrected chi connectivity index (χ4v) is 1.67. The SMILES string of the molecule is Cc1n(CC(=O)Nc2ccccc2F)cc[n+]1C. The van der Waals surface area contributed by atoms with Crippen molar-refractivity contribution >= 4 is 11.6 Å². The van der Waals surface area contributed by atoms with Gasteiger partial charge >= 0.3 is 0 Å². The highest BCUT2D eigenvalue weighted by Crippen LogP contribution is 2.12. The van der Waals surface area contributed by atoms with Gasteiger partial charge in [-0.3, -0.25) is 4.79 Å². The van der Waals surface area contributed by atoms with Gasteiger partial charge in [-0.05, 0) is 12.1 Å². The Bertz CT molecular complexity index is 577. The van der Waals surface area contributed by atoms with Crippen LogP contribution in [0.1, 0.15) is 5.82 Å². The number of rotatable bonds is 3. The number of aromatic nitrogens is 2. The number of anilines is 1. The molecule has 0 unspecified atom stereocenters. The third kappa shape index (κ3) is 2.56. The molecule has 0 fully saturated rings. The first-order chi connectivity index (χ1) is 8.58. The number of aryl methyl sites for hydroxylation is 1. The molecule has 0 spiro atoms. The van der Waals surface area contributed by atoms with E-state index in [-0.39, 0.29) is 18.1 Å². The van der Waals surface area contributed by atoms with Crippen LogP contribution >= 0.6 is 0 Å². The van der Waals surface area contributed by atoms with Crippen LogP contribution in [0.25, 0.3) is 0 Å². The van der Waals surface area contributed by atoms with Gasteiger partial charge in [0, 0.05) is 6.92 Å². The zero-order valence-electron chi connectivity index (χ0n) is 10.4. The van der Waals surface area contributed by atoms with Crippen LogP contribution in [0, 0.1) is 12.7 Å². The Hall–Kier alpha value is -2.17. The first kappa shape index (κ1) is 12.3. The molecule has 94 valence electrons. The number of halogens is 1. The van der Waals surface area contributed by atoms with Crippen LogP contribution in [0.2, 0.25) is 0 Å². The second kappa shape index (κ2) is 5.00. The number of carbonyl (C=O) groups is 1. The molecule has 1 amide bonds. The van der Waals surface area contributed by atoms with Gasteiger partial charge in [0.1, 0.15) is 18.2 Å². The summed E-state index contributed by atoms with van der Waals surface area (Å²) in [5, 5.41) is 2.55. The summed E-state index contributed by atoms with van der Waals surface area (Å²) in [5.41, 5.74) is 0.205. The van der Waals surface area contributed by atoms with E-state index in [0.717, 1.165) is 5.82 Å². The minimum Gasteiger partial charge on any atom is -0.320 e. The fraction of sp³-hybridized carbons (Fsp3) is 0.231. The van der Waals surface area contributed by atoms with Crippen molar-refractivity contribution in [3.8, 4) is 0 Å². The molecule has 0 saturated heterocycles. The molecule has 0 radical (unpaired) electrons. The minimum absolute atomic E-state index is 0.168. The van der Waals surface area contributed by atoms with E-state index in [9.17, 15) is 9.18 Å². The van der Waals surface area contributed by atoms with Gasteiger partial charge in [0.25, 0.3) is 11.7 Å². The number of imidazole rings is 1. The third-order valence-corrected chi connectivity index (χ3v) is 2.86. The van der Waals surface area contributed by atoms with Gasteiger partial charge in [0.2, 0.25) is 0 Å². The van der Waals surface area contributed by atoms with Crippen molar-refractivity contribution in [1.29, 1.82) is 0 Å². The average molecular weight is 248 g/mol. The van der Waals surface area contributed by atoms with Gasteiger partial charge < -0.3 is 5.32 Å². The molecular weight excluding hydrogens is 233 g/mol. The summed E-state index contributed by atoms with van der Waals surface area (Å²) in [4.78, 5) is 11.8. The first-order valence-electron chi connectivity index (χ1n) is 5.63. The molecule has 1 aromatic carbocycles. The monoisotopic (exact) mass is 248 g/mol. The van der Waals surface area contributed by atoms with E-state index in [1.807, 2.05) is 30.9 Å². The molecular formula is C13H15FN3O+. The van der Waals surface area contributed by atoms with Crippen LogP contribution < -0.4 is 9.88 Å². The number of hydrogen-bond donors (Lipinski definition) is 1. The summed E-state index contributed by atoms with van der Waals surface area (Å²) in [7, 11) is 1.90. The highest BCUT2D eigenvalue weighted by molar-refractivity contribution is 5.90. The highest BCUT2D eigenvalue weighted by atomic mass is 19.1. The van der Waals surface area contributed by atoms with Crippen LogP contribution in [-0.4, -0.2) is 10.5 Å². The van der Waals surface area contributed by atoms with Gasteiger partial charge in [0.15, 0.2) is 6.54 Å². The van der Waals surface area contributed by atoms with E-state index >= 15 is 0 Å². The van der Waals surface area contributed by atoms with Crippen molar-refractivity contribution < 1.29 is 13.8 Å². The Morgan fingerprint density at radius 1 is 1.44 bits per heavy atom. The molecule has 1 heterocycles. The quantitative estimate of drug-likeness (QED) is 0.819. The van der Waals surface area contributed by atoms with Crippen LogP contribution in [0.3, 0.4) is 0 Å². The molecule has 1 N–H and O–H groups in total. The Morgan fingerprint density at radius 3 is 2.78 bits per heavy atom. The fourth-order valence-electron chi connectivity index (χ4n) is 1.67. The van der Waals surface area contributed by atoms with Crippen molar-refractivity contribution in [2.75, 3.05) is 5.32 Å². The van der Waals surface area contributed by atoms with Crippen molar-refractivity contribution in [3.63, 3.8) is 0 Å². The van der Waals surface area contributed by atoms with Crippen LogP contribution in [0.15, 0.2) is 36.7 Å². The van der Waals surface area contributed by atoms with Crippen LogP contribution in [-0.2, 0) is 18.4 Å². The Morgan fingerprint density at radius 2 is 2.17 bits per heavy atom. The molecule has 0 aliphatic rings. The molecule has 0 aliphatic carbocycles. The lowest BCUT2D eigenvalue weighted by Gasteiger charge is -2.05. The molecule has 2 rings (SSSR count). The van der Waals surface area contributed by atoms with E-state index in [1.54, 1.807) is 16.7 Å². The molecule has 0 saturated carbocycles. The second-order valence-electron chi connectivity index (χ2n) is 4.11. The maximum absolute atomic E-state index is 13.3. The van der Waals surface area contributed by atoms with E-state index in [2.05, 4.69) is 5.32 Å². The lowest BCUT2D eigenvalue weighted by atomic mass is 10.3. The Labute approximate surface area is 105 Å². The van der Waals surface area contributed by atoms with Gasteiger partial charge in [0.05, 0.1) is 12.7 Å². The number of benzene rings is 1. The molecule has 5 heteroatoms. The zero-order chi connectivity index (χ0) is 13.1. The summed E-state index contributed by atoms with van der Waals surface area (Å²) >= 11 is 0. The molecule has 4 nitrogen and oxygen atoms in total. The van der Waals surface area contributed by atoms with Crippen molar-refractivity contribution in [2.24, 2.45) is 7.05 Å². The van der Waals surface area contributed by atoms with Crippen molar-refractivity contribution in [2.45, 2.75) is 13.5 Å². The molecule has 1 aromatic heterocycles. The third-order valence-electron chi connectivity index (χ3n) is 2.86. The highest BCUT2D eigenvalue weighted by Gasteiger charge is 2.14. The van der Waals surface area contributed by atoms with Crippen molar-refractivity contribution in [3.05, 3.63) is 48.3 Å². The Kier molecular flexibility index (Phi) is 3.41. The smallest absolute Gasteiger partial charge is 0.266 e. The topological polar surface area (TPSA) is 37.9 Å². The number of nitrogens with one attached hydrogen (secondary N) is 1. The molecule has 0 atom stereocenters. The number of hydrogen-bond acceptors (Lipinski definition) is 1. The number of nitrogens with zero attached hydrogens (tertiary/aromatic N) is 2. The summed E-state index contributed by atoms with van der Waals surface area (Å²) in [5.74, 6) is 0.277. The molecule has 0 aliphatic heterocycles. The first-order valence-corrected chi connectivity index (χ1v) is 5.63. The Balaban J connectivity index is 2.06. The van der Waals surface area contributed by atoms with E-state index < -0.39 is 5.82 Å². The number of amides is 1. The normalized spacial score (nSPS) is 10.4. The lowest BCUT2D eigenvalue weighted by molar-refractivity contribution is -0.677. The van der Waals surface area contributed by atoms with E-state index in [0.29, 0.717) is 0 Å². The summed E-state index contributed by atoms with van der Waals surface area (Å²) in [6.45, 7) is 2.08. The standard InChI is InChI=1S/C13H14FN3O/c1-10-16(2)7-8-17(10)9-13(18)15-12-6-4-3-5-11(12)14/h3-8H,9H2,1-2H3/p+1. The summed E-state index contributed by atoms with van der Waals surface area (Å²) < 4.78 is 17.1. The van der Waals surface area contributed by atoms with Gasteiger partial charge in [-0.15, -0.1) is 0 Å². The maximum atomic E-state index is 13.3. The average Bonchev–Trinajstić information content (AvgIpc) is 2.64.